The number of benzene rings is 2. The van der Waals surface area contributed by atoms with Crippen LogP contribution in [0.25, 0.3) is 10.8 Å². The molecule has 2 aromatic rings. The van der Waals surface area contributed by atoms with Crippen LogP contribution in [0, 0.1) is 0 Å². The molecule has 0 spiro atoms. The zero-order chi connectivity index (χ0) is 17.0. The van der Waals surface area contributed by atoms with Gasteiger partial charge in [-0.2, -0.15) is 0 Å². The lowest BCUT2D eigenvalue weighted by molar-refractivity contribution is 0.105. The average Bonchev–Trinajstić information content (AvgIpc) is 2.49. The van der Waals surface area contributed by atoms with Gasteiger partial charge in [0.2, 0.25) is 10.0 Å². The molecule has 0 amide bonds. The van der Waals surface area contributed by atoms with Gasteiger partial charge in [0.05, 0.1) is 4.90 Å². The van der Waals surface area contributed by atoms with E-state index in [4.69, 9.17) is 9.88 Å². The summed E-state index contributed by atoms with van der Waals surface area (Å²) in [6.45, 7) is 4.52. The van der Waals surface area contributed by atoms with Crippen molar-refractivity contribution in [1.82, 2.24) is 5.32 Å². The molecular formula is C16H23ClN2O4S. The number of fused-ring (bicyclic) bond motifs is 1. The molecule has 0 bridgehead atoms. The fraction of sp³-hybridized carbons (Fsp3) is 0.375. The molecule has 6 nitrogen and oxygen atoms in total. The lowest BCUT2D eigenvalue weighted by atomic mass is 10.1. The first-order valence-electron chi connectivity index (χ1n) is 7.38. The number of ether oxygens (including phenoxy) is 1. The molecule has 1 unspecified atom stereocenters. The molecule has 0 aliphatic heterocycles. The lowest BCUT2D eigenvalue weighted by Crippen LogP contribution is -2.35. The first kappa shape index (κ1) is 20.7. The third-order valence-corrected chi connectivity index (χ3v) is 4.31. The van der Waals surface area contributed by atoms with Crippen molar-refractivity contribution in [3.05, 3.63) is 36.4 Å². The van der Waals surface area contributed by atoms with Crippen LogP contribution in [-0.4, -0.2) is 38.8 Å². The highest BCUT2D eigenvalue weighted by Crippen LogP contribution is 2.30. The molecule has 0 saturated heterocycles. The molecule has 134 valence electrons. The maximum absolute atomic E-state index is 11.7. The second-order valence-electron chi connectivity index (χ2n) is 5.68. The molecule has 1 atom stereocenters. The summed E-state index contributed by atoms with van der Waals surface area (Å²) in [5.74, 6) is 0.511. The van der Waals surface area contributed by atoms with Gasteiger partial charge in [0, 0.05) is 23.4 Å². The van der Waals surface area contributed by atoms with E-state index in [0.29, 0.717) is 23.1 Å². The van der Waals surface area contributed by atoms with Crippen LogP contribution >= 0.6 is 12.4 Å². The van der Waals surface area contributed by atoms with Crippen LogP contribution in [0.5, 0.6) is 5.75 Å². The average molecular weight is 375 g/mol. The normalized spacial score (nSPS) is 12.9. The molecule has 0 aliphatic carbocycles. The number of aliphatic hydroxyl groups is 1. The zero-order valence-corrected chi connectivity index (χ0v) is 15.2. The summed E-state index contributed by atoms with van der Waals surface area (Å²) in [6, 6.07) is 10.2. The molecule has 0 aliphatic rings. The second kappa shape index (κ2) is 8.64. The molecule has 24 heavy (non-hydrogen) atoms. The van der Waals surface area contributed by atoms with Crippen LogP contribution < -0.4 is 15.2 Å². The van der Waals surface area contributed by atoms with Gasteiger partial charge in [-0.25, -0.2) is 13.6 Å². The number of aliphatic hydroxyl groups excluding tert-OH is 1. The minimum Gasteiger partial charge on any atom is -0.490 e. The third-order valence-electron chi connectivity index (χ3n) is 3.34. The van der Waals surface area contributed by atoms with E-state index >= 15 is 0 Å². The molecule has 4 N–H and O–H groups in total. The molecule has 2 aromatic carbocycles. The van der Waals surface area contributed by atoms with E-state index < -0.39 is 16.1 Å². The van der Waals surface area contributed by atoms with Gasteiger partial charge in [-0.1, -0.05) is 38.1 Å². The zero-order valence-electron chi connectivity index (χ0n) is 13.6. The van der Waals surface area contributed by atoms with Crippen molar-refractivity contribution in [1.29, 1.82) is 0 Å². The van der Waals surface area contributed by atoms with Crippen LogP contribution in [0.2, 0.25) is 0 Å². The number of primary sulfonamides is 1. The monoisotopic (exact) mass is 374 g/mol. The van der Waals surface area contributed by atoms with Crippen molar-refractivity contribution in [2.75, 3.05) is 13.2 Å². The largest absolute Gasteiger partial charge is 0.490 e. The van der Waals surface area contributed by atoms with Crippen molar-refractivity contribution in [2.45, 2.75) is 30.9 Å². The van der Waals surface area contributed by atoms with Gasteiger partial charge in [0.15, 0.2) is 0 Å². The quantitative estimate of drug-likeness (QED) is 0.684. The van der Waals surface area contributed by atoms with Crippen LogP contribution in [0.3, 0.4) is 0 Å². The van der Waals surface area contributed by atoms with Crippen LogP contribution in [-0.2, 0) is 10.0 Å². The number of halogens is 1. The Morgan fingerprint density at radius 3 is 2.38 bits per heavy atom. The maximum Gasteiger partial charge on any atom is 0.238 e. The second-order valence-corrected chi connectivity index (χ2v) is 7.21. The Balaban J connectivity index is 0.00000288. The van der Waals surface area contributed by atoms with Crippen molar-refractivity contribution >= 4 is 33.2 Å². The minimum atomic E-state index is -3.81. The van der Waals surface area contributed by atoms with E-state index in [2.05, 4.69) is 5.32 Å². The minimum absolute atomic E-state index is 0. The number of hydrogen-bond donors (Lipinski definition) is 3. The van der Waals surface area contributed by atoms with Gasteiger partial charge in [0.1, 0.15) is 18.5 Å². The van der Waals surface area contributed by atoms with Crippen molar-refractivity contribution in [2.24, 2.45) is 5.14 Å². The van der Waals surface area contributed by atoms with Crippen molar-refractivity contribution in [3.8, 4) is 5.75 Å². The highest BCUT2D eigenvalue weighted by molar-refractivity contribution is 7.89. The summed E-state index contributed by atoms with van der Waals surface area (Å²) in [7, 11) is -3.81. The fourth-order valence-electron chi connectivity index (χ4n) is 2.23. The number of hydrogen-bond acceptors (Lipinski definition) is 5. The molecule has 2 rings (SSSR count). The Kier molecular flexibility index (Phi) is 7.44. The van der Waals surface area contributed by atoms with E-state index in [1.54, 1.807) is 30.3 Å². The Hall–Kier alpha value is -1.38. The summed E-state index contributed by atoms with van der Waals surface area (Å²) in [5.41, 5.74) is 0. The van der Waals surface area contributed by atoms with Gasteiger partial charge in [0.25, 0.3) is 0 Å². The molecule has 0 saturated carbocycles. The molecule has 0 heterocycles. The summed E-state index contributed by atoms with van der Waals surface area (Å²) < 4.78 is 29.0. The van der Waals surface area contributed by atoms with Crippen LogP contribution in [0.15, 0.2) is 41.3 Å². The smallest absolute Gasteiger partial charge is 0.238 e. The predicted molar refractivity (Wildman–Crippen MR) is 97.2 cm³/mol. The summed E-state index contributed by atoms with van der Waals surface area (Å²) in [4.78, 5) is 0.0578. The van der Waals surface area contributed by atoms with E-state index in [1.807, 2.05) is 13.8 Å². The SMILES string of the molecule is CC(C)NCC(O)COc1ccc(S(N)(=O)=O)c2ccccc12.Cl. The third kappa shape index (κ3) is 5.32. The Morgan fingerprint density at radius 2 is 1.79 bits per heavy atom. The van der Waals surface area contributed by atoms with Gasteiger partial charge >= 0.3 is 0 Å². The number of nitrogens with two attached hydrogens (primary N) is 1. The van der Waals surface area contributed by atoms with E-state index in [1.165, 1.54) is 6.07 Å². The topological polar surface area (TPSA) is 102 Å². The predicted octanol–water partition coefficient (Wildman–Crippen LogP) is 1.65. The van der Waals surface area contributed by atoms with Crippen LogP contribution in [0.1, 0.15) is 13.8 Å². The Bertz CT molecular complexity index is 781. The summed E-state index contributed by atoms with van der Waals surface area (Å²) >= 11 is 0. The Morgan fingerprint density at radius 1 is 1.17 bits per heavy atom. The van der Waals surface area contributed by atoms with Crippen molar-refractivity contribution in [3.63, 3.8) is 0 Å². The van der Waals surface area contributed by atoms with E-state index in [-0.39, 0.29) is 30.0 Å². The molecule has 0 fully saturated rings. The molecular weight excluding hydrogens is 352 g/mol. The van der Waals surface area contributed by atoms with Crippen LogP contribution in [0.4, 0.5) is 0 Å². The highest BCUT2D eigenvalue weighted by Gasteiger charge is 2.15. The van der Waals surface area contributed by atoms with Gasteiger partial charge in [-0.05, 0) is 12.1 Å². The van der Waals surface area contributed by atoms with Gasteiger partial charge in [-0.15, -0.1) is 12.4 Å². The van der Waals surface area contributed by atoms with Gasteiger partial charge in [-0.3, -0.25) is 0 Å². The van der Waals surface area contributed by atoms with E-state index in [0.717, 1.165) is 0 Å². The first-order chi connectivity index (χ1) is 10.8. The summed E-state index contributed by atoms with van der Waals surface area (Å²) in [6.07, 6.45) is -0.658. The summed E-state index contributed by atoms with van der Waals surface area (Å²) in [5, 5.41) is 19.4. The number of sulfonamides is 1. The van der Waals surface area contributed by atoms with E-state index in [9.17, 15) is 13.5 Å². The number of rotatable bonds is 7. The highest BCUT2D eigenvalue weighted by atomic mass is 35.5. The Labute approximate surface area is 148 Å². The maximum atomic E-state index is 11.7. The molecule has 8 heteroatoms. The molecule has 0 aromatic heterocycles. The number of nitrogens with one attached hydrogen (secondary N) is 1. The van der Waals surface area contributed by atoms with Gasteiger partial charge < -0.3 is 15.2 Å². The lowest BCUT2D eigenvalue weighted by Gasteiger charge is -2.16. The fourth-order valence-corrected chi connectivity index (χ4v) is 2.98. The van der Waals surface area contributed by atoms with Crippen molar-refractivity contribution < 1.29 is 18.3 Å². The standard InChI is InChI=1S/C16H22N2O4S.ClH/c1-11(2)18-9-12(19)10-22-15-7-8-16(23(17,20)21)14-6-4-3-5-13(14)15;/h3-8,11-12,18-19H,9-10H2,1-2H3,(H2,17,20,21);1H. The molecule has 0 radical (unpaired) electrons. The first-order valence-corrected chi connectivity index (χ1v) is 8.92.